The summed E-state index contributed by atoms with van der Waals surface area (Å²) < 4.78 is 0. The van der Waals surface area contributed by atoms with Crippen molar-refractivity contribution in [1.29, 1.82) is 0 Å². The Hall–Kier alpha value is -2.02. The zero-order valence-electron chi connectivity index (χ0n) is 9.08. The van der Waals surface area contributed by atoms with E-state index in [1.807, 2.05) is 5.38 Å². The quantitative estimate of drug-likeness (QED) is 0.860. The first-order valence-corrected chi connectivity index (χ1v) is 5.74. The first kappa shape index (κ1) is 11.5. The zero-order chi connectivity index (χ0) is 12.3. The Kier molecular flexibility index (Phi) is 3.29. The van der Waals surface area contributed by atoms with Crippen molar-refractivity contribution in [1.82, 2.24) is 20.1 Å². The summed E-state index contributed by atoms with van der Waals surface area (Å²) in [4.78, 5) is 28.3. The van der Waals surface area contributed by atoms with Gasteiger partial charge in [0, 0.05) is 24.7 Å². The number of hydrogen-bond donors (Lipinski definition) is 1. The summed E-state index contributed by atoms with van der Waals surface area (Å²) in [6.07, 6.45) is 1.69. The molecule has 0 aliphatic carbocycles. The van der Waals surface area contributed by atoms with Gasteiger partial charge in [0.25, 0.3) is 11.5 Å². The maximum absolute atomic E-state index is 11.9. The van der Waals surface area contributed by atoms with Crippen molar-refractivity contribution >= 4 is 17.2 Å². The fraction of sp³-hybridized carbons (Fsp3) is 0.200. The second-order valence-corrected chi connectivity index (χ2v) is 4.37. The predicted molar refractivity (Wildman–Crippen MR) is 62.8 cm³/mol. The number of nitrogens with one attached hydrogen (secondary N) is 1. The molecule has 88 valence electrons. The molecule has 2 heterocycles. The van der Waals surface area contributed by atoms with Crippen LogP contribution in [-0.2, 0) is 6.54 Å². The van der Waals surface area contributed by atoms with Crippen LogP contribution in [0.2, 0.25) is 0 Å². The minimum absolute atomic E-state index is 0.212. The topological polar surface area (TPSA) is 79.0 Å². The van der Waals surface area contributed by atoms with Gasteiger partial charge in [-0.15, -0.1) is 11.3 Å². The lowest BCUT2D eigenvalue weighted by Gasteiger charge is -2.14. The smallest absolute Gasteiger partial charge is 0.274 e. The Balaban J connectivity index is 2.09. The molecule has 0 radical (unpaired) electrons. The van der Waals surface area contributed by atoms with E-state index in [1.54, 1.807) is 13.2 Å². The maximum Gasteiger partial charge on any atom is 0.274 e. The minimum atomic E-state index is -0.330. The van der Waals surface area contributed by atoms with E-state index in [9.17, 15) is 9.59 Å². The third kappa shape index (κ3) is 2.76. The lowest BCUT2D eigenvalue weighted by Crippen LogP contribution is -2.28. The van der Waals surface area contributed by atoms with Crippen LogP contribution in [0.25, 0.3) is 0 Å². The lowest BCUT2D eigenvalue weighted by molar-refractivity contribution is 0.0778. The highest BCUT2D eigenvalue weighted by Gasteiger charge is 2.14. The van der Waals surface area contributed by atoms with Crippen LogP contribution in [0.3, 0.4) is 0 Å². The number of carbonyl (C=O) groups excluding carboxylic acids is 1. The molecule has 2 aromatic rings. The van der Waals surface area contributed by atoms with Crippen LogP contribution < -0.4 is 5.56 Å². The number of amides is 1. The van der Waals surface area contributed by atoms with Gasteiger partial charge in [-0.3, -0.25) is 9.59 Å². The van der Waals surface area contributed by atoms with Crippen molar-refractivity contribution in [3.8, 4) is 0 Å². The van der Waals surface area contributed by atoms with Crippen molar-refractivity contribution in [2.24, 2.45) is 0 Å². The van der Waals surface area contributed by atoms with E-state index in [4.69, 9.17) is 0 Å². The van der Waals surface area contributed by atoms with Gasteiger partial charge in [-0.2, -0.15) is 5.10 Å². The van der Waals surface area contributed by atoms with E-state index < -0.39 is 0 Å². The number of hydrogen-bond acceptors (Lipinski definition) is 5. The Morgan fingerprint density at radius 3 is 2.94 bits per heavy atom. The number of thiazole rings is 1. The first-order chi connectivity index (χ1) is 8.16. The molecule has 0 aliphatic heterocycles. The molecule has 0 saturated carbocycles. The maximum atomic E-state index is 11.9. The number of aromatic amines is 1. The molecule has 0 aliphatic rings. The summed E-state index contributed by atoms with van der Waals surface area (Å²) in [5.74, 6) is -0.253. The molecule has 17 heavy (non-hydrogen) atoms. The highest BCUT2D eigenvalue weighted by Crippen LogP contribution is 2.08. The lowest BCUT2D eigenvalue weighted by atomic mass is 10.3. The molecule has 0 saturated heterocycles. The molecule has 6 nitrogen and oxygen atoms in total. The Bertz CT molecular complexity index is 543. The van der Waals surface area contributed by atoms with Gasteiger partial charge >= 0.3 is 0 Å². The number of rotatable bonds is 3. The van der Waals surface area contributed by atoms with E-state index in [2.05, 4.69) is 15.2 Å². The van der Waals surface area contributed by atoms with Crippen molar-refractivity contribution in [3.63, 3.8) is 0 Å². The molecule has 0 aromatic carbocycles. The molecule has 0 spiro atoms. The average Bonchev–Trinajstić information content (AvgIpc) is 2.82. The summed E-state index contributed by atoms with van der Waals surface area (Å²) in [5, 5.41) is 8.62. The van der Waals surface area contributed by atoms with E-state index in [0.29, 0.717) is 6.54 Å². The fourth-order valence-electron chi connectivity index (χ4n) is 1.26. The number of carbonyl (C=O) groups is 1. The molecule has 1 N–H and O–H groups in total. The average molecular weight is 250 g/mol. The van der Waals surface area contributed by atoms with Gasteiger partial charge < -0.3 is 4.90 Å². The van der Waals surface area contributed by atoms with Gasteiger partial charge in [-0.1, -0.05) is 0 Å². The monoisotopic (exact) mass is 250 g/mol. The second-order valence-electron chi connectivity index (χ2n) is 3.39. The van der Waals surface area contributed by atoms with E-state index >= 15 is 0 Å². The zero-order valence-corrected chi connectivity index (χ0v) is 9.90. The molecule has 0 unspecified atom stereocenters. The second kappa shape index (κ2) is 4.88. The molecule has 0 atom stereocenters. The largest absolute Gasteiger partial charge is 0.334 e. The van der Waals surface area contributed by atoms with Gasteiger partial charge in [0.05, 0.1) is 6.54 Å². The summed E-state index contributed by atoms with van der Waals surface area (Å²) in [6.45, 7) is 0.428. The highest BCUT2D eigenvalue weighted by atomic mass is 32.1. The summed E-state index contributed by atoms with van der Waals surface area (Å²) in [7, 11) is 1.66. The molecule has 2 aromatic heterocycles. The molecule has 0 bridgehead atoms. The molecule has 2 rings (SSSR count). The van der Waals surface area contributed by atoms with Crippen LogP contribution in [0.1, 0.15) is 15.5 Å². The van der Waals surface area contributed by atoms with Gasteiger partial charge in [0.1, 0.15) is 10.7 Å². The number of nitrogens with zero attached hydrogens (tertiary/aromatic N) is 3. The summed E-state index contributed by atoms with van der Waals surface area (Å²) in [6, 6.07) is 2.68. The standard InChI is InChI=1S/C10H10N4O2S/c1-14(6-9-11-4-5-17-9)10(16)7-2-3-8(15)13-12-7/h2-5H,6H2,1H3,(H,13,15). The number of aromatic nitrogens is 3. The van der Waals surface area contributed by atoms with Crippen LogP contribution in [0, 0.1) is 0 Å². The van der Waals surface area contributed by atoms with Crippen LogP contribution in [0.5, 0.6) is 0 Å². The molecular formula is C10H10N4O2S. The molecule has 0 fully saturated rings. The van der Waals surface area contributed by atoms with E-state index in [0.717, 1.165) is 5.01 Å². The van der Waals surface area contributed by atoms with Gasteiger partial charge in [0.2, 0.25) is 0 Å². The van der Waals surface area contributed by atoms with Crippen molar-refractivity contribution in [2.75, 3.05) is 7.05 Å². The van der Waals surface area contributed by atoms with Gasteiger partial charge in [-0.25, -0.2) is 10.1 Å². The van der Waals surface area contributed by atoms with E-state index in [1.165, 1.54) is 28.4 Å². The van der Waals surface area contributed by atoms with Crippen molar-refractivity contribution in [3.05, 3.63) is 44.8 Å². The Morgan fingerprint density at radius 2 is 2.35 bits per heavy atom. The molecule has 1 amide bonds. The van der Waals surface area contributed by atoms with Crippen molar-refractivity contribution in [2.45, 2.75) is 6.54 Å². The molecular weight excluding hydrogens is 240 g/mol. The molecule has 7 heteroatoms. The van der Waals surface area contributed by atoms with Crippen LogP contribution in [0.15, 0.2) is 28.5 Å². The minimum Gasteiger partial charge on any atom is -0.334 e. The predicted octanol–water partition coefficient (Wildman–Crippen LogP) is 0.499. The highest BCUT2D eigenvalue weighted by molar-refractivity contribution is 7.09. The third-order valence-electron chi connectivity index (χ3n) is 2.10. The Labute approximate surface area is 101 Å². The SMILES string of the molecule is CN(Cc1nccs1)C(=O)c1ccc(=O)[nH]n1. The Morgan fingerprint density at radius 1 is 1.53 bits per heavy atom. The van der Waals surface area contributed by atoms with Crippen LogP contribution in [-0.4, -0.2) is 33.0 Å². The number of H-pyrrole nitrogens is 1. The van der Waals surface area contributed by atoms with Gasteiger partial charge in [0.15, 0.2) is 0 Å². The van der Waals surface area contributed by atoms with Gasteiger partial charge in [-0.05, 0) is 6.07 Å². The van der Waals surface area contributed by atoms with Crippen molar-refractivity contribution < 1.29 is 4.79 Å². The van der Waals surface area contributed by atoms with E-state index in [-0.39, 0.29) is 17.2 Å². The fourth-order valence-corrected chi connectivity index (χ4v) is 1.93. The third-order valence-corrected chi connectivity index (χ3v) is 2.87. The first-order valence-electron chi connectivity index (χ1n) is 4.86. The van der Waals surface area contributed by atoms with Crippen LogP contribution >= 0.6 is 11.3 Å². The summed E-state index contributed by atoms with van der Waals surface area (Å²) >= 11 is 1.48. The normalized spacial score (nSPS) is 10.2. The summed E-state index contributed by atoms with van der Waals surface area (Å²) in [5.41, 5.74) is -0.118. The van der Waals surface area contributed by atoms with Crippen LogP contribution in [0.4, 0.5) is 0 Å².